The summed E-state index contributed by atoms with van der Waals surface area (Å²) < 4.78 is 19.1. The van der Waals surface area contributed by atoms with Crippen LogP contribution < -0.4 is 37.1 Å². The van der Waals surface area contributed by atoms with Crippen LogP contribution in [-0.4, -0.2) is 143 Å². The van der Waals surface area contributed by atoms with Gasteiger partial charge in [-0.25, -0.2) is 9.97 Å². The van der Waals surface area contributed by atoms with Crippen molar-refractivity contribution in [1.29, 1.82) is 0 Å². The summed E-state index contributed by atoms with van der Waals surface area (Å²) in [6.07, 6.45) is 1.69. The molecule has 0 unspecified atom stereocenters. The Kier molecular flexibility index (Phi) is 20.0. The molecule has 1 fully saturated rings. The summed E-state index contributed by atoms with van der Waals surface area (Å²) >= 11 is 0. The average Bonchev–Trinajstić information content (AvgIpc) is 3.99. The maximum Gasteiger partial charge on any atom is 0.305 e. The lowest BCUT2D eigenvalue weighted by Crippen LogP contribution is -2.59. The first-order valence-corrected chi connectivity index (χ1v) is 25.7. The van der Waals surface area contributed by atoms with E-state index in [1.807, 2.05) is 77.1 Å². The van der Waals surface area contributed by atoms with E-state index < -0.39 is 41.6 Å². The Morgan fingerprint density at radius 2 is 1.70 bits per heavy atom. The second kappa shape index (κ2) is 26.3. The number of hydrogen-bond acceptors (Lipinski definition) is 14. The zero-order valence-electron chi connectivity index (χ0n) is 45.0. The molecule has 22 nitrogen and oxygen atoms in total. The maximum atomic E-state index is 14.4. The number of aromatic nitrogens is 4. The van der Waals surface area contributed by atoms with Gasteiger partial charge in [-0.3, -0.25) is 28.8 Å². The van der Waals surface area contributed by atoms with Crippen molar-refractivity contribution < 1.29 is 43.0 Å². The lowest BCUT2D eigenvalue weighted by Gasteiger charge is -2.36. The summed E-state index contributed by atoms with van der Waals surface area (Å²) in [7, 11) is 3.32. The highest BCUT2D eigenvalue weighted by Gasteiger charge is 2.46. The fraction of sp³-hybridized carbons (Fsp3) is 0.519. The molecular weight excluding hydrogens is 975 g/mol. The Labute approximate surface area is 444 Å². The van der Waals surface area contributed by atoms with Crippen molar-refractivity contribution in [3.63, 3.8) is 0 Å². The zero-order valence-corrected chi connectivity index (χ0v) is 45.0. The number of benzene rings is 2. The van der Waals surface area contributed by atoms with E-state index in [2.05, 4.69) is 46.5 Å². The van der Waals surface area contributed by atoms with Crippen LogP contribution in [0.15, 0.2) is 54.7 Å². The first-order chi connectivity index (χ1) is 36.2. The number of fused-ring (bicyclic) bond motifs is 5. The zero-order chi connectivity index (χ0) is 55.3. The van der Waals surface area contributed by atoms with E-state index in [0.29, 0.717) is 34.5 Å². The molecule has 6 atom stereocenters. The van der Waals surface area contributed by atoms with Crippen LogP contribution in [-0.2, 0) is 46.5 Å². The largest absolute Gasteiger partial charge is 0.467 e. The number of rotatable bonds is 21. The minimum atomic E-state index is -0.949. The molecular formula is C54H73N13O9. The predicted octanol–water partition coefficient (Wildman–Crippen LogP) is 3.93. The van der Waals surface area contributed by atoms with Crippen LogP contribution in [0.4, 0.5) is 11.6 Å². The van der Waals surface area contributed by atoms with Crippen molar-refractivity contribution in [2.24, 2.45) is 5.41 Å². The van der Waals surface area contributed by atoms with Gasteiger partial charge in [0.2, 0.25) is 29.5 Å². The van der Waals surface area contributed by atoms with Crippen LogP contribution in [0.3, 0.4) is 0 Å². The van der Waals surface area contributed by atoms with Gasteiger partial charge >= 0.3 is 5.82 Å². The Bertz CT molecular complexity index is 2760. The van der Waals surface area contributed by atoms with Crippen molar-refractivity contribution in [1.82, 2.24) is 56.1 Å². The standard InChI is InChI=1S/C54H73N13O9/c1-11-39(35-15-13-12-14-16-35)61-50(71)41-28-36(30-66(41)53(73)46(54(5,6)7)63-49(70)33(3)56-8)60-44(69)20-24-75-26-25-74-23-19-43(68)58-21-22-67-42-31-65(10)52(72)37-18-17-32(2)27-38(37)34(4)76-51-47(55)59-29-40(62-51)45(42)48(57-9)64-67/h12-18,27,29,33-34,36,39,41,46,56H,11,19-26,28,30-31H2,1-8,10H3,(H2,55,59)(H,58,68)(H,60,69)(H,61,71)(H,63,70)/t33-,34+,36-,39+,41-,46+/m0/s1. The number of hydrogen-bond donors (Lipinski definition) is 6. The number of nitrogens with one attached hydrogen (secondary N) is 5. The third-order valence-electron chi connectivity index (χ3n) is 13.4. The topological polar surface area (TPSA) is 271 Å². The molecule has 6 rings (SSSR count). The van der Waals surface area contributed by atoms with Gasteiger partial charge in [0.25, 0.3) is 11.8 Å². The Balaban J connectivity index is 0.971. The van der Waals surface area contributed by atoms with Crippen LogP contribution in [0.1, 0.15) is 112 Å². The van der Waals surface area contributed by atoms with Crippen molar-refractivity contribution in [3.05, 3.63) is 94.1 Å². The summed E-state index contributed by atoms with van der Waals surface area (Å²) in [5.74, 6) is -1.85. The van der Waals surface area contributed by atoms with E-state index in [0.717, 1.165) is 11.1 Å². The number of nitrogen functional groups attached to an aromatic ring is 1. The van der Waals surface area contributed by atoms with Gasteiger partial charge in [-0.2, -0.15) is 4.68 Å². The van der Waals surface area contributed by atoms with Gasteiger partial charge in [-0.05, 0) is 62.8 Å². The number of nitrogens with zero attached hydrogens (tertiary/aromatic N) is 7. The molecule has 1 saturated heterocycles. The molecule has 0 spiro atoms. The van der Waals surface area contributed by atoms with E-state index in [1.54, 1.807) is 38.7 Å². The van der Waals surface area contributed by atoms with Crippen LogP contribution >= 0.6 is 0 Å². The maximum absolute atomic E-state index is 14.4. The number of carbonyl (C=O) groups excluding carboxylic acids is 6. The monoisotopic (exact) mass is 1050 g/mol. The summed E-state index contributed by atoms with van der Waals surface area (Å²) in [6, 6.07) is 11.8. The van der Waals surface area contributed by atoms with Crippen molar-refractivity contribution in [3.8, 4) is 17.1 Å². The van der Waals surface area contributed by atoms with Gasteiger partial charge in [0.05, 0.1) is 74.7 Å². The summed E-state index contributed by atoms with van der Waals surface area (Å²) in [4.78, 5) is 97.1. The van der Waals surface area contributed by atoms with Crippen molar-refractivity contribution in [2.45, 2.75) is 124 Å². The second-order valence-corrected chi connectivity index (χ2v) is 20.2. The van der Waals surface area contributed by atoms with Gasteiger partial charge in [-0.1, -0.05) is 82.3 Å². The van der Waals surface area contributed by atoms with Crippen LogP contribution in [0.25, 0.3) is 16.1 Å². The molecule has 2 aliphatic rings. The number of likely N-dealkylation sites (tertiary alicyclic amines) is 1. The van der Waals surface area contributed by atoms with E-state index in [9.17, 15) is 28.8 Å². The highest BCUT2D eigenvalue weighted by Crippen LogP contribution is 2.37. The molecule has 408 valence electrons. The van der Waals surface area contributed by atoms with Crippen molar-refractivity contribution >= 4 is 47.1 Å². The number of anilines is 1. The number of amides is 6. The van der Waals surface area contributed by atoms with Gasteiger partial charge in [0.1, 0.15) is 18.2 Å². The number of carbonyl (C=O) groups is 6. The number of nitrogens with two attached hydrogens (primary N) is 1. The molecule has 76 heavy (non-hydrogen) atoms. The van der Waals surface area contributed by atoms with E-state index >= 15 is 0 Å². The molecule has 2 aromatic carbocycles. The van der Waals surface area contributed by atoms with E-state index in [4.69, 9.17) is 26.5 Å². The van der Waals surface area contributed by atoms with Gasteiger partial charge in [0.15, 0.2) is 5.82 Å². The summed E-state index contributed by atoms with van der Waals surface area (Å²) in [5, 5.41) is 19.3. The van der Waals surface area contributed by atoms with Crippen LogP contribution in [0.5, 0.6) is 5.88 Å². The third kappa shape index (κ3) is 14.7. The minimum absolute atomic E-state index is 0.0113. The number of likely N-dealkylation sites (N-methyl/N-ethyl adjacent to an activating group) is 1. The minimum Gasteiger partial charge on any atom is -0.467 e. The van der Waals surface area contributed by atoms with Gasteiger partial charge < -0.3 is 61.2 Å². The Hall–Kier alpha value is -7.48. The predicted molar refractivity (Wildman–Crippen MR) is 283 cm³/mol. The molecule has 0 saturated carbocycles. The Morgan fingerprint density at radius 1 is 1.00 bits per heavy atom. The van der Waals surface area contributed by atoms with Gasteiger partial charge in [-0.15, -0.1) is 0 Å². The first-order valence-electron chi connectivity index (χ1n) is 25.7. The summed E-state index contributed by atoms with van der Waals surface area (Å²) in [6.45, 7) is 21.8. The fourth-order valence-electron chi connectivity index (χ4n) is 9.06. The molecule has 4 heterocycles. The smallest absolute Gasteiger partial charge is 0.305 e. The highest BCUT2D eigenvalue weighted by molar-refractivity contribution is 5.96. The molecule has 22 heteroatoms. The second-order valence-electron chi connectivity index (χ2n) is 20.2. The lowest BCUT2D eigenvalue weighted by molar-refractivity contribution is -0.144. The summed E-state index contributed by atoms with van der Waals surface area (Å²) in [5.41, 5.74) is 9.62. The molecule has 0 radical (unpaired) electrons. The highest BCUT2D eigenvalue weighted by atomic mass is 16.5. The molecule has 2 aliphatic heterocycles. The SMILES string of the molecule is [C-]#[N+]c1nn(CCNC(=O)CCOCCOCCC(=O)N[C@H]2C[C@@H](C(=O)N[C@H](CC)c3ccccc3)N(C(=O)[C@@H](NC(=O)[C@H](C)NC)C(C)(C)C)C2)c2c1-c1cnc(N)c(n1)O[C@H](C)c1cc(C)ccc1C(=O)N(C)C2. The van der Waals surface area contributed by atoms with Crippen LogP contribution in [0.2, 0.25) is 0 Å². The number of aryl methyl sites for hydroxylation is 1. The van der Waals surface area contributed by atoms with Crippen LogP contribution in [0, 0.1) is 18.9 Å². The van der Waals surface area contributed by atoms with Crippen molar-refractivity contribution in [2.75, 3.05) is 59.3 Å². The third-order valence-corrected chi connectivity index (χ3v) is 13.4. The van der Waals surface area contributed by atoms with E-state index in [1.165, 1.54) is 16.0 Å². The molecule has 7 N–H and O–H groups in total. The lowest BCUT2D eigenvalue weighted by atomic mass is 9.85. The molecule has 6 amide bonds. The molecule has 2 aromatic heterocycles. The molecule has 0 aliphatic carbocycles. The molecule has 4 aromatic rings. The average molecular weight is 1050 g/mol. The van der Waals surface area contributed by atoms with Gasteiger partial charge in [0, 0.05) is 50.1 Å². The number of ether oxygens (including phenoxy) is 3. The normalized spacial score (nSPS) is 17.6. The first kappa shape index (κ1) is 57.8. The molecule has 2 bridgehead atoms. The Morgan fingerprint density at radius 3 is 2.36 bits per heavy atom. The van der Waals surface area contributed by atoms with E-state index in [-0.39, 0.29) is 125 Å². The quantitative estimate of drug-likeness (QED) is 0.0510. The fourth-order valence-corrected chi connectivity index (χ4v) is 9.06.